The first kappa shape index (κ1) is 21.4. The molecule has 0 saturated carbocycles. The highest BCUT2D eigenvalue weighted by molar-refractivity contribution is 7.89. The number of halogens is 1. The van der Waals surface area contributed by atoms with Crippen molar-refractivity contribution in [3.63, 3.8) is 0 Å². The van der Waals surface area contributed by atoms with Crippen molar-refractivity contribution in [1.29, 1.82) is 0 Å². The van der Waals surface area contributed by atoms with Gasteiger partial charge in [-0.15, -0.1) is 0 Å². The van der Waals surface area contributed by atoms with E-state index < -0.39 is 15.8 Å². The van der Waals surface area contributed by atoms with Crippen LogP contribution in [-0.2, 0) is 10.0 Å². The zero-order valence-electron chi connectivity index (χ0n) is 16.7. The van der Waals surface area contributed by atoms with Gasteiger partial charge in [0, 0.05) is 11.3 Å². The molecule has 0 atom stereocenters. The minimum atomic E-state index is -3.68. The summed E-state index contributed by atoms with van der Waals surface area (Å²) < 4.78 is 39.8. The van der Waals surface area contributed by atoms with Crippen LogP contribution in [0.1, 0.15) is 39.0 Å². The van der Waals surface area contributed by atoms with Crippen LogP contribution in [0.5, 0.6) is 0 Å². The zero-order valence-corrected chi connectivity index (χ0v) is 17.5. The predicted octanol–water partition coefficient (Wildman–Crippen LogP) is 0.745. The number of Topliss-reactive ketones (excluding diaryl/α,β-unsaturated/α-hetero) is 2. The van der Waals surface area contributed by atoms with Crippen molar-refractivity contribution in [2.45, 2.75) is 25.7 Å². The van der Waals surface area contributed by atoms with Gasteiger partial charge in [-0.25, -0.2) is 12.8 Å². The first-order chi connectivity index (χ1) is 13.6. The SMILES string of the molecule is CC(=O)c1c(C)[nH]c(C(=O)C[NH+]2CCN(S(=O)(=O)c3ccc(F)cc3)CC2)c1C. The fourth-order valence-corrected chi connectivity index (χ4v) is 5.29. The molecule has 0 radical (unpaired) electrons. The van der Waals surface area contributed by atoms with Crippen molar-refractivity contribution in [3.8, 4) is 0 Å². The van der Waals surface area contributed by atoms with Gasteiger partial charge in [0.1, 0.15) is 12.4 Å². The molecule has 7 nitrogen and oxygen atoms in total. The van der Waals surface area contributed by atoms with Gasteiger partial charge in [0.2, 0.25) is 15.8 Å². The molecule has 1 aromatic heterocycles. The van der Waals surface area contributed by atoms with Crippen LogP contribution in [0.3, 0.4) is 0 Å². The van der Waals surface area contributed by atoms with E-state index in [1.165, 1.54) is 23.4 Å². The minimum absolute atomic E-state index is 0.0627. The Hall–Kier alpha value is -2.36. The Morgan fingerprint density at radius 2 is 1.72 bits per heavy atom. The Kier molecular flexibility index (Phi) is 6.02. The summed E-state index contributed by atoms with van der Waals surface area (Å²) in [6, 6.07) is 4.78. The summed E-state index contributed by atoms with van der Waals surface area (Å²) in [5.74, 6) is -0.662. The molecule has 29 heavy (non-hydrogen) atoms. The number of ketones is 2. The van der Waals surface area contributed by atoms with Crippen LogP contribution < -0.4 is 4.90 Å². The maximum absolute atomic E-state index is 13.1. The summed E-state index contributed by atoms with van der Waals surface area (Å²) in [7, 11) is -3.68. The number of aryl methyl sites for hydroxylation is 1. The average Bonchev–Trinajstić information content (AvgIpc) is 2.97. The molecule has 2 heterocycles. The van der Waals surface area contributed by atoms with Gasteiger partial charge in [0.15, 0.2) is 5.78 Å². The summed E-state index contributed by atoms with van der Waals surface area (Å²) >= 11 is 0. The number of hydrogen-bond donors (Lipinski definition) is 2. The molecule has 1 aromatic carbocycles. The minimum Gasteiger partial charge on any atom is -0.355 e. The number of H-pyrrole nitrogens is 1. The molecule has 1 aliphatic rings. The lowest BCUT2D eigenvalue weighted by atomic mass is 10.1. The van der Waals surface area contributed by atoms with Gasteiger partial charge in [-0.1, -0.05) is 0 Å². The van der Waals surface area contributed by atoms with Gasteiger partial charge < -0.3 is 9.88 Å². The van der Waals surface area contributed by atoms with E-state index in [1.54, 1.807) is 13.8 Å². The second-order valence-corrected chi connectivity index (χ2v) is 9.33. The summed E-state index contributed by atoms with van der Waals surface area (Å²) in [4.78, 5) is 28.5. The normalized spacial score (nSPS) is 16.1. The molecule has 1 saturated heterocycles. The maximum Gasteiger partial charge on any atom is 0.243 e. The second kappa shape index (κ2) is 8.17. The first-order valence-electron chi connectivity index (χ1n) is 9.44. The number of sulfonamides is 1. The van der Waals surface area contributed by atoms with Gasteiger partial charge in [-0.3, -0.25) is 9.59 Å². The van der Waals surface area contributed by atoms with Crippen molar-refractivity contribution in [2.24, 2.45) is 0 Å². The number of hydrogen-bond acceptors (Lipinski definition) is 4. The van der Waals surface area contributed by atoms with Crippen LogP contribution in [0.25, 0.3) is 0 Å². The molecule has 1 aliphatic heterocycles. The first-order valence-corrected chi connectivity index (χ1v) is 10.9. The van der Waals surface area contributed by atoms with E-state index in [-0.39, 0.29) is 36.1 Å². The zero-order chi connectivity index (χ0) is 21.3. The molecule has 156 valence electrons. The third-order valence-electron chi connectivity index (χ3n) is 5.36. The summed E-state index contributed by atoms with van der Waals surface area (Å²) in [6.45, 7) is 6.77. The van der Waals surface area contributed by atoms with Crippen molar-refractivity contribution < 1.29 is 27.3 Å². The van der Waals surface area contributed by atoms with Gasteiger partial charge >= 0.3 is 0 Å². The smallest absolute Gasteiger partial charge is 0.243 e. The average molecular weight is 423 g/mol. The standard InChI is InChI=1S/C20H24FN3O4S/c1-13-19(15(3)25)14(2)22-20(13)18(26)12-23-8-10-24(11-9-23)29(27,28)17-6-4-16(21)5-7-17/h4-7,22H,8-12H2,1-3H3/p+1. The monoisotopic (exact) mass is 422 g/mol. The maximum atomic E-state index is 13.1. The van der Waals surface area contributed by atoms with E-state index >= 15 is 0 Å². The summed E-state index contributed by atoms with van der Waals surface area (Å²) in [5.41, 5.74) is 2.35. The highest BCUT2D eigenvalue weighted by Gasteiger charge is 2.32. The van der Waals surface area contributed by atoms with E-state index in [2.05, 4.69) is 4.98 Å². The van der Waals surface area contributed by atoms with Crippen molar-refractivity contribution >= 4 is 21.6 Å². The molecule has 0 spiro atoms. The highest BCUT2D eigenvalue weighted by Crippen LogP contribution is 2.19. The largest absolute Gasteiger partial charge is 0.355 e. The molecule has 9 heteroatoms. The Labute approximate surface area is 169 Å². The van der Waals surface area contributed by atoms with Crippen molar-refractivity contribution in [2.75, 3.05) is 32.7 Å². The van der Waals surface area contributed by atoms with E-state index in [9.17, 15) is 22.4 Å². The molecular formula is C20H25FN3O4S+. The van der Waals surface area contributed by atoms with Gasteiger partial charge in [0.05, 0.1) is 36.8 Å². The third kappa shape index (κ3) is 4.31. The topological polar surface area (TPSA) is 91.8 Å². The van der Waals surface area contributed by atoms with E-state index in [0.29, 0.717) is 35.6 Å². The highest BCUT2D eigenvalue weighted by atomic mass is 32.2. The quantitative estimate of drug-likeness (QED) is 0.672. The van der Waals surface area contributed by atoms with Crippen LogP contribution in [0.15, 0.2) is 29.2 Å². The Morgan fingerprint density at radius 3 is 2.24 bits per heavy atom. The van der Waals surface area contributed by atoms with Crippen LogP contribution in [0.4, 0.5) is 4.39 Å². The van der Waals surface area contributed by atoms with Crippen molar-refractivity contribution in [1.82, 2.24) is 9.29 Å². The van der Waals surface area contributed by atoms with Crippen molar-refractivity contribution in [3.05, 3.63) is 52.6 Å². The molecule has 0 aliphatic carbocycles. The number of nitrogens with zero attached hydrogens (tertiary/aromatic N) is 1. The third-order valence-corrected chi connectivity index (χ3v) is 7.27. The number of benzene rings is 1. The fourth-order valence-electron chi connectivity index (χ4n) is 3.85. The lowest BCUT2D eigenvalue weighted by Gasteiger charge is -2.31. The van der Waals surface area contributed by atoms with E-state index in [0.717, 1.165) is 17.0 Å². The number of aromatic nitrogens is 1. The number of quaternary nitrogens is 1. The molecule has 0 bridgehead atoms. The molecule has 0 unspecified atom stereocenters. The number of aromatic amines is 1. The number of nitrogens with one attached hydrogen (secondary N) is 2. The lowest BCUT2D eigenvalue weighted by molar-refractivity contribution is -0.895. The number of carbonyl (C=O) groups excluding carboxylic acids is 2. The Morgan fingerprint density at radius 1 is 1.14 bits per heavy atom. The number of carbonyl (C=O) groups is 2. The molecule has 2 aromatic rings. The molecular weight excluding hydrogens is 397 g/mol. The Bertz CT molecular complexity index is 1040. The fraction of sp³-hybridized carbons (Fsp3) is 0.400. The van der Waals surface area contributed by atoms with Crippen LogP contribution in [-0.4, -0.2) is 62.0 Å². The van der Waals surface area contributed by atoms with Crippen LogP contribution in [0.2, 0.25) is 0 Å². The van der Waals surface area contributed by atoms with E-state index in [4.69, 9.17) is 0 Å². The molecule has 3 rings (SSSR count). The second-order valence-electron chi connectivity index (χ2n) is 7.39. The number of piperazine rings is 1. The molecule has 0 amide bonds. The molecule has 2 N–H and O–H groups in total. The lowest BCUT2D eigenvalue weighted by Crippen LogP contribution is -3.15. The van der Waals surface area contributed by atoms with Gasteiger partial charge in [0.25, 0.3) is 0 Å². The summed E-state index contributed by atoms with van der Waals surface area (Å²) in [6.07, 6.45) is 0. The number of rotatable bonds is 6. The Balaban J connectivity index is 1.64. The summed E-state index contributed by atoms with van der Waals surface area (Å²) in [5, 5.41) is 0. The van der Waals surface area contributed by atoms with Crippen LogP contribution in [0, 0.1) is 19.7 Å². The van der Waals surface area contributed by atoms with Gasteiger partial charge in [-0.05, 0) is 50.6 Å². The molecule has 1 fully saturated rings. The predicted molar refractivity (Wildman–Crippen MR) is 105 cm³/mol. The van der Waals surface area contributed by atoms with Gasteiger partial charge in [-0.2, -0.15) is 4.31 Å². The van der Waals surface area contributed by atoms with E-state index in [1.807, 2.05) is 0 Å². The van der Waals surface area contributed by atoms with Crippen LogP contribution >= 0.6 is 0 Å².